The van der Waals surface area contributed by atoms with Crippen LogP contribution >= 0.6 is 0 Å². The summed E-state index contributed by atoms with van der Waals surface area (Å²) in [7, 11) is 0. The minimum atomic E-state index is -0.263. The Morgan fingerprint density at radius 2 is 2.09 bits per heavy atom. The molecule has 0 fully saturated rings. The van der Waals surface area contributed by atoms with E-state index in [1.54, 1.807) is 30.6 Å². The topological polar surface area (TPSA) is 88.2 Å². The molecular formula is C17H23N3O3. The third-order valence-electron chi connectivity index (χ3n) is 3.60. The van der Waals surface area contributed by atoms with E-state index in [9.17, 15) is 4.79 Å². The Morgan fingerprint density at radius 3 is 2.74 bits per heavy atom. The van der Waals surface area contributed by atoms with Gasteiger partial charge in [0.1, 0.15) is 0 Å². The Bertz CT molecular complexity index is 611. The highest BCUT2D eigenvalue weighted by molar-refractivity contribution is 5.93. The molecule has 2 N–H and O–H groups in total. The standard InChI is InChI=1S/C17H23N3O3/c1-12(2)9-13(5-8-21)11-19-17(22)15-10-16(23-20-15)14-3-6-18-7-4-14/h3-4,6-7,10,12-13,21H,5,8-9,11H2,1-2H3,(H,19,22). The van der Waals surface area contributed by atoms with Gasteiger partial charge in [-0.15, -0.1) is 0 Å². The molecule has 2 aromatic heterocycles. The first kappa shape index (κ1) is 17.1. The van der Waals surface area contributed by atoms with E-state index in [1.165, 1.54) is 0 Å². The van der Waals surface area contributed by atoms with Gasteiger partial charge in [0.05, 0.1) is 0 Å². The van der Waals surface area contributed by atoms with E-state index in [-0.39, 0.29) is 24.1 Å². The van der Waals surface area contributed by atoms with Crippen LogP contribution in [0.5, 0.6) is 0 Å². The number of carbonyl (C=O) groups excluding carboxylic acids is 1. The minimum absolute atomic E-state index is 0.128. The maximum Gasteiger partial charge on any atom is 0.273 e. The van der Waals surface area contributed by atoms with Gasteiger partial charge in [0.25, 0.3) is 5.91 Å². The van der Waals surface area contributed by atoms with Gasteiger partial charge in [0.15, 0.2) is 11.5 Å². The molecular weight excluding hydrogens is 294 g/mol. The number of pyridine rings is 1. The van der Waals surface area contributed by atoms with Crippen molar-refractivity contribution in [3.63, 3.8) is 0 Å². The lowest BCUT2D eigenvalue weighted by atomic mass is 9.94. The quantitative estimate of drug-likeness (QED) is 0.781. The molecule has 1 unspecified atom stereocenters. The Balaban J connectivity index is 1.94. The SMILES string of the molecule is CC(C)CC(CCO)CNC(=O)c1cc(-c2ccncc2)on1. The van der Waals surface area contributed by atoms with Crippen LogP contribution in [0.15, 0.2) is 35.1 Å². The first-order valence-corrected chi connectivity index (χ1v) is 7.86. The molecule has 0 aliphatic rings. The molecule has 0 radical (unpaired) electrons. The van der Waals surface area contributed by atoms with Crippen LogP contribution in [-0.4, -0.2) is 34.3 Å². The van der Waals surface area contributed by atoms with Crippen molar-refractivity contribution < 1.29 is 14.4 Å². The van der Waals surface area contributed by atoms with Crippen molar-refractivity contribution in [1.82, 2.24) is 15.5 Å². The first-order chi connectivity index (χ1) is 11.1. The summed E-state index contributed by atoms with van der Waals surface area (Å²) in [5.41, 5.74) is 1.08. The second-order valence-electron chi connectivity index (χ2n) is 6.03. The molecule has 2 rings (SSSR count). The average molecular weight is 317 g/mol. The zero-order valence-electron chi connectivity index (χ0n) is 13.5. The molecule has 6 nitrogen and oxygen atoms in total. The molecule has 0 saturated carbocycles. The minimum Gasteiger partial charge on any atom is -0.396 e. The van der Waals surface area contributed by atoms with Gasteiger partial charge in [-0.3, -0.25) is 9.78 Å². The van der Waals surface area contributed by atoms with E-state index in [2.05, 4.69) is 29.3 Å². The molecule has 2 aromatic rings. The van der Waals surface area contributed by atoms with Gasteiger partial charge >= 0.3 is 0 Å². The number of hydrogen-bond donors (Lipinski definition) is 2. The maximum atomic E-state index is 12.2. The van der Waals surface area contributed by atoms with Crippen molar-refractivity contribution in [3.05, 3.63) is 36.3 Å². The van der Waals surface area contributed by atoms with Gasteiger partial charge in [-0.25, -0.2) is 0 Å². The molecule has 1 atom stereocenters. The van der Waals surface area contributed by atoms with Crippen molar-refractivity contribution in [3.8, 4) is 11.3 Å². The summed E-state index contributed by atoms with van der Waals surface area (Å²) in [4.78, 5) is 16.1. The fourth-order valence-corrected chi connectivity index (χ4v) is 2.51. The Morgan fingerprint density at radius 1 is 1.35 bits per heavy atom. The number of aliphatic hydroxyl groups excluding tert-OH is 1. The molecule has 0 aromatic carbocycles. The van der Waals surface area contributed by atoms with Crippen LogP contribution in [0.4, 0.5) is 0 Å². The number of nitrogens with zero attached hydrogens (tertiary/aromatic N) is 2. The largest absolute Gasteiger partial charge is 0.396 e. The van der Waals surface area contributed by atoms with Crippen LogP contribution in [0.3, 0.4) is 0 Å². The highest BCUT2D eigenvalue weighted by Crippen LogP contribution is 2.19. The first-order valence-electron chi connectivity index (χ1n) is 7.86. The van der Waals surface area contributed by atoms with Crippen molar-refractivity contribution >= 4 is 5.91 Å². The molecule has 124 valence electrons. The normalized spacial score (nSPS) is 12.3. The Labute approximate surface area is 135 Å². The third kappa shape index (κ3) is 5.17. The van der Waals surface area contributed by atoms with Gasteiger partial charge in [-0.1, -0.05) is 19.0 Å². The van der Waals surface area contributed by atoms with Gasteiger partial charge in [0, 0.05) is 37.2 Å². The van der Waals surface area contributed by atoms with E-state index >= 15 is 0 Å². The van der Waals surface area contributed by atoms with Gasteiger partial charge in [-0.05, 0) is 36.8 Å². The van der Waals surface area contributed by atoms with Crippen molar-refractivity contribution in [2.75, 3.05) is 13.2 Å². The van der Waals surface area contributed by atoms with E-state index in [4.69, 9.17) is 9.63 Å². The Kier molecular flexibility index (Phi) is 6.29. The molecule has 2 heterocycles. The van der Waals surface area contributed by atoms with E-state index in [0.717, 1.165) is 12.0 Å². The van der Waals surface area contributed by atoms with Gasteiger partial charge < -0.3 is 14.9 Å². The van der Waals surface area contributed by atoms with E-state index in [1.807, 2.05) is 0 Å². The Hall–Kier alpha value is -2.21. The highest BCUT2D eigenvalue weighted by Gasteiger charge is 2.16. The molecule has 0 aliphatic carbocycles. The average Bonchev–Trinajstić information content (AvgIpc) is 3.03. The fraction of sp³-hybridized carbons (Fsp3) is 0.471. The van der Waals surface area contributed by atoms with Gasteiger partial charge in [0.2, 0.25) is 0 Å². The second kappa shape index (κ2) is 8.43. The molecule has 6 heteroatoms. The number of aromatic nitrogens is 2. The van der Waals surface area contributed by atoms with Crippen LogP contribution in [0.25, 0.3) is 11.3 Å². The monoisotopic (exact) mass is 317 g/mol. The molecule has 23 heavy (non-hydrogen) atoms. The van der Waals surface area contributed by atoms with Crippen molar-refractivity contribution in [1.29, 1.82) is 0 Å². The number of aliphatic hydroxyl groups is 1. The second-order valence-corrected chi connectivity index (χ2v) is 6.03. The summed E-state index contributed by atoms with van der Waals surface area (Å²) in [6, 6.07) is 5.21. The number of hydrogen-bond acceptors (Lipinski definition) is 5. The summed E-state index contributed by atoms with van der Waals surface area (Å²) < 4.78 is 5.21. The van der Waals surface area contributed by atoms with Crippen LogP contribution in [0.2, 0.25) is 0 Å². The van der Waals surface area contributed by atoms with Gasteiger partial charge in [-0.2, -0.15) is 0 Å². The molecule has 1 amide bonds. The third-order valence-corrected chi connectivity index (χ3v) is 3.60. The number of amides is 1. The summed E-state index contributed by atoms with van der Waals surface area (Å²) >= 11 is 0. The summed E-state index contributed by atoms with van der Waals surface area (Å²) in [5.74, 6) is 1.05. The summed E-state index contributed by atoms with van der Waals surface area (Å²) in [6.07, 6.45) is 4.95. The van der Waals surface area contributed by atoms with Crippen molar-refractivity contribution in [2.45, 2.75) is 26.7 Å². The van der Waals surface area contributed by atoms with Crippen molar-refractivity contribution in [2.24, 2.45) is 11.8 Å². The number of rotatable bonds is 8. The highest BCUT2D eigenvalue weighted by atomic mass is 16.5. The molecule has 0 aliphatic heterocycles. The fourth-order valence-electron chi connectivity index (χ4n) is 2.51. The molecule has 0 spiro atoms. The lowest BCUT2D eigenvalue weighted by Crippen LogP contribution is -2.30. The maximum absolute atomic E-state index is 12.2. The van der Waals surface area contributed by atoms with Crippen LogP contribution in [0, 0.1) is 11.8 Å². The van der Waals surface area contributed by atoms with E-state index in [0.29, 0.717) is 24.6 Å². The van der Waals surface area contributed by atoms with Crippen LogP contribution in [-0.2, 0) is 0 Å². The molecule has 0 saturated heterocycles. The van der Waals surface area contributed by atoms with E-state index < -0.39 is 0 Å². The smallest absolute Gasteiger partial charge is 0.273 e. The predicted molar refractivity (Wildman–Crippen MR) is 86.7 cm³/mol. The zero-order valence-corrected chi connectivity index (χ0v) is 13.5. The number of nitrogens with one attached hydrogen (secondary N) is 1. The summed E-state index contributed by atoms with van der Waals surface area (Å²) in [5, 5.41) is 15.8. The lowest BCUT2D eigenvalue weighted by Gasteiger charge is -2.18. The predicted octanol–water partition coefficient (Wildman–Crippen LogP) is 2.51. The number of carbonyl (C=O) groups is 1. The van der Waals surface area contributed by atoms with Crippen LogP contribution < -0.4 is 5.32 Å². The van der Waals surface area contributed by atoms with Crippen LogP contribution in [0.1, 0.15) is 37.2 Å². The zero-order chi connectivity index (χ0) is 16.7. The molecule has 0 bridgehead atoms. The lowest BCUT2D eigenvalue weighted by molar-refractivity contribution is 0.0932. The summed E-state index contributed by atoms with van der Waals surface area (Å²) in [6.45, 7) is 4.91.